The minimum Gasteiger partial charge on any atom is -0.359 e. The van der Waals surface area contributed by atoms with Gasteiger partial charge in [0, 0.05) is 20.2 Å². The van der Waals surface area contributed by atoms with Gasteiger partial charge in [0.25, 0.3) is 0 Å². The highest BCUT2D eigenvalue weighted by atomic mass is 32.1. The number of benzene rings is 10. The van der Waals surface area contributed by atoms with Crippen molar-refractivity contribution in [2.45, 2.75) is 17.6 Å². The van der Waals surface area contributed by atoms with E-state index in [4.69, 9.17) is 4.74 Å². The van der Waals surface area contributed by atoms with Crippen LogP contribution in [0.25, 0.3) is 85.9 Å². The monoisotopic (exact) mass is 766 g/mol. The first-order valence-electron chi connectivity index (χ1n) is 20.6. The number of rotatable bonds is 4. The second kappa shape index (κ2) is 11.6. The SMILES string of the molecule is c1ccc(-c2ccc3c(c2)C2(c4cc(-c5cccc6c5sc5ccccc56)ccc4-3)c3cccc4c5ccc(C6O[C@@H]6c6ccccc6)cc5c5cccc2c5c34)cc1. The first kappa shape index (κ1) is 32.2. The second-order valence-electron chi connectivity index (χ2n) is 16.6. The van der Waals surface area contributed by atoms with Crippen LogP contribution in [0.15, 0.2) is 194 Å². The van der Waals surface area contributed by atoms with E-state index < -0.39 is 5.41 Å². The van der Waals surface area contributed by atoms with Crippen molar-refractivity contribution in [3.63, 3.8) is 0 Å². The lowest BCUT2D eigenvalue weighted by atomic mass is 9.69. The third-order valence-corrected chi connectivity index (χ3v) is 14.9. The number of thiophene rings is 1. The molecule has 0 saturated carbocycles. The molecule has 1 aliphatic heterocycles. The fourth-order valence-electron chi connectivity index (χ4n) is 11.2. The Labute approximate surface area is 345 Å². The maximum absolute atomic E-state index is 6.37. The normalized spacial score (nSPS) is 18.5. The van der Waals surface area contributed by atoms with E-state index in [1.165, 1.54) is 119 Å². The van der Waals surface area contributed by atoms with Crippen molar-refractivity contribution in [1.82, 2.24) is 0 Å². The van der Waals surface area contributed by atoms with Gasteiger partial charge in [-0.3, -0.25) is 0 Å². The first-order chi connectivity index (χ1) is 29.3. The summed E-state index contributed by atoms with van der Waals surface area (Å²) in [5.74, 6) is 0. The molecule has 2 heteroatoms. The average molecular weight is 767 g/mol. The zero-order valence-electron chi connectivity index (χ0n) is 31.9. The minimum atomic E-state index is -0.501. The van der Waals surface area contributed by atoms with E-state index in [1.807, 2.05) is 11.3 Å². The Hall–Kier alpha value is -6.84. The molecule has 11 aromatic rings. The van der Waals surface area contributed by atoms with E-state index in [-0.39, 0.29) is 12.2 Å². The van der Waals surface area contributed by atoms with Gasteiger partial charge in [0.05, 0.1) is 5.41 Å². The Kier molecular flexibility index (Phi) is 6.34. The second-order valence-corrected chi connectivity index (χ2v) is 17.6. The minimum absolute atomic E-state index is 0.0624. The summed E-state index contributed by atoms with van der Waals surface area (Å²) in [6, 6.07) is 73.0. The van der Waals surface area contributed by atoms with Gasteiger partial charge in [-0.25, -0.2) is 0 Å². The van der Waals surface area contributed by atoms with Gasteiger partial charge in [0.1, 0.15) is 12.2 Å². The molecule has 0 amide bonds. The maximum atomic E-state index is 6.37. The van der Waals surface area contributed by atoms with Crippen molar-refractivity contribution in [3.05, 3.63) is 228 Å². The lowest BCUT2D eigenvalue weighted by molar-refractivity contribution is 0.378. The molecule has 14 rings (SSSR count). The highest BCUT2D eigenvalue weighted by Gasteiger charge is 2.51. The summed E-state index contributed by atoms with van der Waals surface area (Å²) in [7, 11) is 0. The molecule has 0 radical (unpaired) electrons. The maximum Gasteiger partial charge on any atom is 0.114 e. The van der Waals surface area contributed by atoms with Crippen LogP contribution in [-0.4, -0.2) is 0 Å². The van der Waals surface area contributed by atoms with Crippen LogP contribution >= 0.6 is 11.3 Å². The summed E-state index contributed by atoms with van der Waals surface area (Å²) in [5, 5.41) is 10.6. The van der Waals surface area contributed by atoms with Gasteiger partial charge < -0.3 is 4.74 Å². The first-order valence-corrected chi connectivity index (χ1v) is 21.5. The quantitative estimate of drug-likeness (QED) is 0.128. The molecule has 1 saturated heterocycles. The molecule has 1 spiro atoms. The van der Waals surface area contributed by atoms with E-state index in [0.29, 0.717) is 0 Å². The van der Waals surface area contributed by atoms with Crippen molar-refractivity contribution < 1.29 is 4.74 Å². The molecule has 3 atom stereocenters. The molecule has 1 aromatic heterocycles. The molecule has 3 aliphatic rings. The van der Waals surface area contributed by atoms with E-state index in [9.17, 15) is 0 Å². The van der Waals surface area contributed by atoms with Gasteiger partial charge in [0.2, 0.25) is 0 Å². The number of hydrogen-bond acceptors (Lipinski definition) is 2. The summed E-state index contributed by atoms with van der Waals surface area (Å²) in [6.07, 6.45) is 0.159. The molecule has 0 N–H and O–H groups in total. The summed E-state index contributed by atoms with van der Waals surface area (Å²) < 4.78 is 9.04. The molecule has 2 aliphatic carbocycles. The Bertz CT molecular complexity index is 3600. The molecule has 1 nitrogen and oxygen atoms in total. The van der Waals surface area contributed by atoms with Gasteiger partial charge in [-0.15, -0.1) is 11.3 Å². The summed E-state index contributed by atoms with van der Waals surface area (Å²) in [4.78, 5) is 0. The van der Waals surface area contributed by atoms with Crippen LogP contribution in [0.1, 0.15) is 45.6 Å². The third kappa shape index (κ3) is 4.22. The van der Waals surface area contributed by atoms with Crippen molar-refractivity contribution in [2.75, 3.05) is 0 Å². The number of ether oxygens (including phenoxy) is 1. The highest BCUT2D eigenvalue weighted by Crippen LogP contribution is 2.64. The molecule has 1 fully saturated rings. The number of epoxide rings is 1. The van der Waals surface area contributed by atoms with Gasteiger partial charge in [-0.2, -0.15) is 0 Å². The fourth-order valence-corrected chi connectivity index (χ4v) is 12.4. The van der Waals surface area contributed by atoms with E-state index in [1.54, 1.807) is 0 Å². The van der Waals surface area contributed by atoms with Crippen molar-refractivity contribution in [1.29, 1.82) is 0 Å². The van der Waals surface area contributed by atoms with E-state index in [0.717, 1.165) is 0 Å². The van der Waals surface area contributed by atoms with Crippen LogP contribution in [0.3, 0.4) is 0 Å². The van der Waals surface area contributed by atoms with Crippen LogP contribution in [0.2, 0.25) is 0 Å². The lowest BCUT2D eigenvalue weighted by Crippen LogP contribution is -2.26. The fraction of sp³-hybridized carbons (Fsp3) is 0.0526. The average Bonchev–Trinajstić information content (AvgIpc) is 3.83. The Balaban J connectivity index is 1.05. The van der Waals surface area contributed by atoms with Crippen molar-refractivity contribution in [2.24, 2.45) is 0 Å². The Morgan fingerprint density at radius 2 is 0.966 bits per heavy atom. The smallest absolute Gasteiger partial charge is 0.114 e. The molecule has 0 bridgehead atoms. The molecular weight excluding hydrogens is 733 g/mol. The van der Waals surface area contributed by atoms with Gasteiger partial charge in [-0.1, -0.05) is 170 Å². The van der Waals surface area contributed by atoms with Crippen LogP contribution in [0, 0.1) is 0 Å². The number of hydrogen-bond donors (Lipinski definition) is 0. The van der Waals surface area contributed by atoms with Crippen LogP contribution < -0.4 is 0 Å². The van der Waals surface area contributed by atoms with E-state index >= 15 is 0 Å². The van der Waals surface area contributed by atoms with Crippen molar-refractivity contribution in [3.8, 4) is 33.4 Å². The predicted octanol–water partition coefficient (Wildman–Crippen LogP) is 15.3. The molecule has 2 heterocycles. The summed E-state index contributed by atoms with van der Waals surface area (Å²) in [5.41, 5.74) is 15.1. The van der Waals surface area contributed by atoms with Crippen LogP contribution in [0.4, 0.5) is 0 Å². The Morgan fingerprint density at radius 3 is 1.75 bits per heavy atom. The molecule has 10 aromatic carbocycles. The van der Waals surface area contributed by atoms with Crippen LogP contribution in [0.5, 0.6) is 0 Å². The summed E-state index contributed by atoms with van der Waals surface area (Å²) in [6.45, 7) is 0. The Morgan fingerprint density at radius 1 is 0.356 bits per heavy atom. The zero-order valence-corrected chi connectivity index (χ0v) is 32.8. The molecule has 274 valence electrons. The number of fused-ring (bicyclic) bond motifs is 13. The third-order valence-electron chi connectivity index (χ3n) is 13.7. The molecular formula is C57H34OS. The van der Waals surface area contributed by atoms with Crippen molar-refractivity contribution >= 4 is 63.8 Å². The largest absolute Gasteiger partial charge is 0.359 e. The summed E-state index contributed by atoms with van der Waals surface area (Å²) >= 11 is 1.91. The van der Waals surface area contributed by atoms with Gasteiger partial charge >= 0.3 is 0 Å². The zero-order chi connectivity index (χ0) is 38.4. The molecule has 59 heavy (non-hydrogen) atoms. The topological polar surface area (TPSA) is 12.5 Å². The van der Waals surface area contributed by atoms with Gasteiger partial charge in [0.15, 0.2) is 0 Å². The van der Waals surface area contributed by atoms with Gasteiger partial charge in [-0.05, 0) is 123 Å². The highest BCUT2D eigenvalue weighted by molar-refractivity contribution is 7.26. The van der Waals surface area contributed by atoms with Crippen LogP contribution in [-0.2, 0) is 10.2 Å². The predicted molar refractivity (Wildman–Crippen MR) is 247 cm³/mol. The van der Waals surface area contributed by atoms with E-state index in [2.05, 4.69) is 194 Å². The molecule has 2 unspecified atom stereocenters. The lowest BCUT2D eigenvalue weighted by Gasteiger charge is -2.31. The standard InChI is InChI=1S/C57H34OS/c1-3-12-33(13-4-1)35-24-28-40-41-29-25-36(38-17-9-20-45-42-16-7-8-23-51(42)59-56(38)45)32-50(41)57(49(40)31-35)47-21-10-18-43-39-27-26-37(55-54(58-55)34-14-5-2-6-15-34)30-46(39)44-19-11-22-48(57)53(44)52(43)47/h1-32,54-55H/t54-,55?,57?/m1/s1.